The van der Waals surface area contributed by atoms with Gasteiger partial charge in [-0.25, -0.2) is 0 Å². The van der Waals surface area contributed by atoms with Crippen molar-refractivity contribution in [3.05, 3.63) is 58.7 Å². The lowest BCUT2D eigenvalue weighted by molar-refractivity contribution is 0.429. The van der Waals surface area contributed by atoms with Gasteiger partial charge in [-0.1, -0.05) is 23.8 Å². The summed E-state index contributed by atoms with van der Waals surface area (Å²) in [5.74, 6) is 0.358. The van der Waals surface area contributed by atoms with E-state index in [9.17, 15) is 10.2 Å². The van der Waals surface area contributed by atoms with Crippen molar-refractivity contribution in [3.63, 3.8) is 0 Å². The molecule has 2 aromatic carbocycles. The Morgan fingerprint density at radius 2 is 1.52 bits per heavy atom. The first-order valence-corrected chi connectivity index (χ1v) is 7.23. The maximum absolute atomic E-state index is 9.93. The molecule has 2 aromatic rings. The molecule has 0 aliphatic carbocycles. The van der Waals surface area contributed by atoms with Gasteiger partial charge in [0, 0.05) is 17.6 Å². The van der Waals surface area contributed by atoms with Crippen LogP contribution in [0, 0.1) is 13.8 Å². The van der Waals surface area contributed by atoms with Gasteiger partial charge in [-0.2, -0.15) is 0 Å². The molecule has 0 aliphatic heterocycles. The van der Waals surface area contributed by atoms with Crippen molar-refractivity contribution >= 4 is 0 Å². The minimum absolute atomic E-state index is 0.0622. The molecule has 2 rings (SSSR count). The highest BCUT2D eigenvalue weighted by molar-refractivity contribution is 5.41. The normalized spacial score (nSPS) is 13.9. The third-order valence-corrected chi connectivity index (χ3v) is 3.87. The highest BCUT2D eigenvalue weighted by Crippen LogP contribution is 2.30. The monoisotopic (exact) mass is 285 g/mol. The van der Waals surface area contributed by atoms with Crippen LogP contribution < -0.4 is 5.32 Å². The van der Waals surface area contributed by atoms with E-state index in [-0.39, 0.29) is 23.6 Å². The maximum Gasteiger partial charge on any atom is 0.120 e. The second kappa shape index (κ2) is 6.19. The quantitative estimate of drug-likeness (QED) is 0.740. The number of nitrogens with one attached hydrogen (secondary N) is 1. The van der Waals surface area contributed by atoms with Crippen molar-refractivity contribution in [2.45, 2.75) is 39.8 Å². The van der Waals surface area contributed by atoms with Crippen LogP contribution in [0.4, 0.5) is 0 Å². The molecule has 3 N–H and O–H groups in total. The first kappa shape index (κ1) is 15.4. The van der Waals surface area contributed by atoms with E-state index in [1.54, 1.807) is 6.07 Å². The van der Waals surface area contributed by atoms with Crippen molar-refractivity contribution in [3.8, 4) is 11.5 Å². The Morgan fingerprint density at radius 1 is 0.857 bits per heavy atom. The van der Waals surface area contributed by atoms with Gasteiger partial charge in [0.15, 0.2) is 0 Å². The third kappa shape index (κ3) is 3.56. The van der Waals surface area contributed by atoms with Crippen molar-refractivity contribution in [1.29, 1.82) is 0 Å². The van der Waals surface area contributed by atoms with Crippen LogP contribution in [0.25, 0.3) is 0 Å². The van der Waals surface area contributed by atoms with Crippen molar-refractivity contribution in [2.75, 3.05) is 0 Å². The highest BCUT2D eigenvalue weighted by atomic mass is 16.3. The van der Waals surface area contributed by atoms with Crippen LogP contribution in [0.15, 0.2) is 36.4 Å². The van der Waals surface area contributed by atoms with E-state index in [1.165, 1.54) is 28.8 Å². The largest absolute Gasteiger partial charge is 0.508 e. The Kier molecular flexibility index (Phi) is 4.53. The van der Waals surface area contributed by atoms with Crippen LogP contribution in [-0.4, -0.2) is 10.2 Å². The Bertz CT molecular complexity index is 637. The minimum Gasteiger partial charge on any atom is -0.508 e. The van der Waals surface area contributed by atoms with Crippen LogP contribution in [0.1, 0.15) is 48.2 Å². The molecule has 0 bridgehead atoms. The molecule has 0 heterocycles. The third-order valence-electron chi connectivity index (χ3n) is 3.87. The molecule has 0 spiro atoms. The Hall–Kier alpha value is -2.00. The number of hydrogen-bond donors (Lipinski definition) is 3. The predicted molar refractivity (Wildman–Crippen MR) is 85.7 cm³/mol. The summed E-state index contributed by atoms with van der Waals surface area (Å²) in [6, 6.07) is 11.1. The SMILES string of the molecule is Cc1ccc(C(C)NC(C)c2cc(O)ccc2O)c(C)c1. The number of aromatic hydroxyl groups is 2. The number of aryl methyl sites for hydroxylation is 2. The van der Waals surface area contributed by atoms with Crippen LogP contribution in [-0.2, 0) is 0 Å². The fourth-order valence-corrected chi connectivity index (χ4v) is 2.75. The summed E-state index contributed by atoms with van der Waals surface area (Å²) < 4.78 is 0. The van der Waals surface area contributed by atoms with Gasteiger partial charge in [-0.3, -0.25) is 0 Å². The van der Waals surface area contributed by atoms with Crippen molar-refractivity contribution in [2.24, 2.45) is 0 Å². The minimum atomic E-state index is -0.0622. The van der Waals surface area contributed by atoms with E-state index in [1.807, 2.05) is 6.92 Å². The molecular formula is C18H23NO2. The zero-order valence-electron chi connectivity index (χ0n) is 13.0. The van der Waals surface area contributed by atoms with E-state index in [2.05, 4.69) is 44.3 Å². The molecule has 112 valence electrons. The van der Waals surface area contributed by atoms with Gasteiger partial charge in [-0.15, -0.1) is 0 Å². The Balaban J connectivity index is 2.18. The first-order valence-electron chi connectivity index (χ1n) is 7.23. The molecule has 0 amide bonds. The van der Waals surface area contributed by atoms with Crippen LogP contribution in [0.2, 0.25) is 0 Å². The molecule has 0 fully saturated rings. The number of phenolic OH excluding ortho intramolecular Hbond substituents is 2. The second-order valence-corrected chi connectivity index (χ2v) is 5.71. The van der Waals surface area contributed by atoms with Crippen LogP contribution >= 0.6 is 0 Å². The summed E-state index contributed by atoms with van der Waals surface area (Å²) in [5, 5.41) is 23.0. The molecule has 0 saturated heterocycles. The number of benzene rings is 2. The number of hydrogen-bond acceptors (Lipinski definition) is 3. The molecule has 0 aliphatic rings. The lowest BCUT2D eigenvalue weighted by atomic mass is 9.98. The summed E-state index contributed by atoms with van der Waals surface area (Å²) in [4.78, 5) is 0. The molecule has 0 radical (unpaired) electrons. The molecule has 2 atom stereocenters. The lowest BCUT2D eigenvalue weighted by Gasteiger charge is -2.23. The average molecular weight is 285 g/mol. The zero-order valence-corrected chi connectivity index (χ0v) is 13.0. The van der Waals surface area contributed by atoms with Crippen LogP contribution in [0.5, 0.6) is 11.5 Å². The highest BCUT2D eigenvalue weighted by Gasteiger charge is 2.16. The standard InChI is InChI=1S/C18H23NO2/c1-11-5-7-16(12(2)9-11)13(3)19-14(4)17-10-15(20)6-8-18(17)21/h5-10,13-14,19-21H,1-4H3. The van der Waals surface area contributed by atoms with Gasteiger partial charge in [0.2, 0.25) is 0 Å². The van der Waals surface area contributed by atoms with E-state index < -0.39 is 0 Å². The van der Waals surface area contributed by atoms with E-state index in [0.29, 0.717) is 5.56 Å². The number of phenols is 2. The summed E-state index contributed by atoms with van der Waals surface area (Å²) in [7, 11) is 0. The fraction of sp³-hybridized carbons (Fsp3) is 0.333. The Labute approximate surface area is 126 Å². The molecule has 21 heavy (non-hydrogen) atoms. The Morgan fingerprint density at radius 3 is 2.19 bits per heavy atom. The molecule has 2 unspecified atom stereocenters. The van der Waals surface area contributed by atoms with Gasteiger partial charge in [-0.05, 0) is 57.0 Å². The summed E-state index contributed by atoms with van der Waals surface area (Å²) in [5.41, 5.74) is 4.45. The van der Waals surface area contributed by atoms with Crippen molar-refractivity contribution in [1.82, 2.24) is 5.32 Å². The lowest BCUT2D eigenvalue weighted by Crippen LogP contribution is -2.23. The summed E-state index contributed by atoms with van der Waals surface area (Å²) in [6.07, 6.45) is 0. The van der Waals surface area contributed by atoms with Gasteiger partial charge >= 0.3 is 0 Å². The van der Waals surface area contributed by atoms with Gasteiger partial charge < -0.3 is 15.5 Å². The average Bonchev–Trinajstić information content (AvgIpc) is 2.41. The van der Waals surface area contributed by atoms with Crippen molar-refractivity contribution < 1.29 is 10.2 Å². The van der Waals surface area contributed by atoms with Crippen LogP contribution in [0.3, 0.4) is 0 Å². The summed E-state index contributed by atoms with van der Waals surface area (Å²) >= 11 is 0. The maximum atomic E-state index is 9.93. The van der Waals surface area contributed by atoms with Gasteiger partial charge in [0.1, 0.15) is 11.5 Å². The van der Waals surface area contributed by atoms with Gasteiger partial charge in [0.05, 0.1) is 0 Å². The van der Waals surface area contributed by atoms with Gasteiger partial charge in [0.25, 0.3) is 0 Å². The fourth-order valence-electron chi connectivity index (χ4n) is 2.75. The molecular weight excluding hydrogens is 262 g/mol. The summed E-state index contributed by atoms with van der Waals surface area (Å²) in [6.45, 7) is 8.28. The van der Waals surface area contributed by atoms with E-state index in [4.69, 9.17) is 0 Å². The molecule has 3 heteroatoms. The topological polar surface area (TPSA) is 52.5 Å². The predicted octanol–water partition coefficient (Wildman–Crippen LogP) is 4.13. The molecule has 3 nitrogen and oxygen atoms in total. The number of rotatable bonds is 4. The second-order valence-electron chi connectivity index (χ2n) is 5.71. The zero-order chi connectivity index (χ0) is 15.6. The van der Waals surface area contributed by atoms with E-state index >= 15 is 0 Å². The smallest absolute Gasteiger partial charge is 0.120 e. The molecule has 0 aromatic heterocycles. The first-order chi connectivity index (χ1) is 9.88. The van der Waals surface area contributed by atoms with E-state index in [0.717, 1.165) is 0 Å². The molecule has 0 saturated carbocycles.